The first-order valence-electron chi connectivity index (χ1n) is 49.6. The molecule has 810 valence electrons. The van der Waals surface area contributed by atoms with Gasteiger partial charge >= 0.3 is 18.0 Å². The number of ether oxygens (including phenoxy) is 15. The van der Waals surface area contributed by atoms with Crippen LogP contribution < -0.4 is 37.1 Å². The molecule has 1 saturated heterocycles. The van der Waals surface area contributed by atoms with Gasteiger partial charge in [0.05, 0.1) is 206 Å². The van der Waals surface area contributed by atoms with Gasteiger partial charge in [0, 0.05) is 123 Å². The summed E-state index contributed by atoms with van der Waals surface area (Å²) < 4.78 is 83.5. The second kappa shape index (κ2) is 71.8. The standard InChI is InChI=1S/C99H165N9O34/c1-14-66(6)89(82(129-13)60-87(115)108-31-20-24-78(108)74(62-109)69(9)79(110)55-67(7)90(116)71-21-16-15-17-22-71)106(10)96(122)72(64(2)3)58-80(111)88(65(4)5)107(11)99(127)141-63-70-25-26-81(142-83-59-73(98(125)126)91(117)93(119)92(83)118)76(57-70)103-85(113)27-30-102-94(120)75(105-95(121)77(61-100)104-86(114)56-68(8)97(123)124)23-18-19-29-101-84(112)28-32-130-35-36-132-39-40-134-43-44-136-47-48-138-51-52-140-54-53-139-50-49-137-46-45-135-42-41-133-38-37-131-34-33-128-12/h15-17,21-22,25-26,57,64-69,72-75,77-78,82-83,88-93,109,116-119H,14,18-20,23-24,27-56,58-63,100H2,1-13H3,(H,101,112)(H,102,120)(H,103,113)(H,104,114)(H,105,121)(H,123,124)(H,125,126)/t66-,67-,68?,69+,72-,73-,74+,75-,77-,78-,82+,83+,88-,89-,90+,91+,92-,93-/m0/s1. The molecule has 18 atom stereocenters. The van der Waals surface area contributed by atoms with Crippen molar-refractivity contribution < 1.29 is 164 Å². The van der Waals surface area contributed by atoms with Crippen LogP contribution in [0.4, 0.5) is 10.5 Å². The van der Waals surface area contributed by atoms with E-state index < -0.39 is 206 Å². The van der Waals surface area contributed by atoms with Gasteiger partial charge in [-0.1, -0.05) is 105 Å². The molecule has 43 nitrogen and oxygen atoms in total. The summed E-state index contributed by atoms with van der Waals surface area (Å²) in [5.74, 6) is -14.4. The monoisotopic (exact) mass is 2020 g/mol. The minimum atomic E-state index is -1.99. The number of aliphatic hydroxyl groups excluding tert-OH is 5. The van der Waals surface area contributed by atoms with Gasteiger partial charge in [0.25, 0.3) is 0 Å². The Morgan fingerprint density at radius 1 is 0.556 bits per heavy atom. The maximum atomic E-state index is 15.1. The van der Waals surface area contributed by atoms with Gasteiger partial charge in [0.15, 0.2) is 5.78 Å². The Kier molecular flexibility index (Phi) is 63.5. The van der Waals surface area contributed by atoms with Crippen molar-refractivity contribution >= 4 is 76.6 Å². The first kappa shape index (κ1) is 126. The van der Waals surface area contributed by atoms with Gasteiger partial charge in [-0.3, -0.25) is 52.7 Å². The van der Waals surface area contributed by atoms with Crippen molar-refractivity contribution in [1.82, 2.24) is 36.0 Å². The number of likely N-dealkylation sites (N-methyl/N-ethyl adjacent to an activating group) is 2. The molecule has 1 heterocycles. The number of carbonyl (C=O) groups excluding carboxylic acids is 10. The van der Waals surface area contributed by atoms with E-state index in [1.807, 2.05) is 32.0 Å². The van der Waals surface area contributed by atoms with Gasteiger partial charge in [-0.2, -0.15) is 0 Å². The lowest BCUT2D eigenvalue weighted by molar-refractivity contribution is -0.174. The largest absolute Gasteiger partial charge is 0.485 e. The van der Waals surface area contributed by atoms with Crippen molar-refractivity contribution in [3.8, 4) is 5.75 Å². The summed E-state index contributed by atoms with van der Waals surface area (Å²) in [5, 5.41) is 86.9. The highest BCUT2D eigenvalue weighted by molar-refractivity contribution is 5.95. The number of methoxy groups -OCH3 is 2. The van der Waals surface area contributed by atoms with Crippen molar-refractivity contribution in [2.75, 3.05) is 218 Å². The van der Waals surface area contributed by atoms with E-state index in [-0.39, 0.29) is 112 Å². The van der Waals surface area contributed by atoms with Crippen LogP contribution in [0.2, 0.25) is 0 Å². The predicted octanol–water partition coefficient (Wildman–Crippen LogP) is 3.28. The van der Waals surface area contributed by atoms with Crippen LogP contribution in [-0.4, -0.2) is 395 Å². The van der Waals surface area contributed by atoms with Crippen molar-refractivity contribution in [3.63, 3.8) is 0 Å². The van der Waals surface area contributed by atoms with Crippen LogP contribution in [0, 0.1) is 53.3 Å². The van der Waals surface area contributed by atoms with E-state index in [9.17, 15) is 88.5 Å². The molecule has 8 amide bonds. The third-order valence-electron chi connectivity index (χ3n) is 25.2. The molecule has 2 aromatic carbocycles. The summed E-state index contributed by atoms with van der Waals surface area (Å²) in [5.41, 5.74) is 6.62. The average molecular weight is 2030 g/mol. The number of anilines is 1. The minimum Gasteiger partial charge on any atom is -0.485 e. The zero-order chi connectivity index (χ0) is 105. The fraction of sp³-hybridized carbons (Fsp3) is 0.758. The Morgan fingerprint density at radius 2 is 1.10 bits per heavy atom. The smallest absolute Gasteiger partial charge is 0.410 e. The van der Waals surface area contributed by atoms with Crippen molar-refractivity contribution in [2.24, 2.45) is 59.0 Å². The quantitative estimate of drug-likeness (QED) is 0.0423. The van der Waals surface area contributed by atoms with Crippen LogP contribution in [0.1, 0.15) is 163 Å². The molecule has 43 heteroatoms. The lowest BCUT2D eigenvalue weighted by atomic mass is 9.80. The molecule has 2 fully saturated rings. The lowest BCUT2D eigenvalue weighted by Gasteiger charge is -2.41. The van der Waals surface area contributed by atoms with Crippen LogP contribution in [0.3, 0.4) is 0 Å². The highest BCUT2D eigenvalue weighted by Crippen LogP contribution is 2.37. The number of carboxylic acid groups (broad SMARTS) is 2. The lowest BCUT2D eigenvalue weighted by Crippen LogP contribution is -2.57. The van der Waals surface area contributed by atoms with Gasteiger partial charge in [-0.15, -0.1) is 0 Å². The number of likely N-dealkylation sites (tertiary alicyclic amines) is 1. The Labute approximate surface area is 835 Å². The van der Waals surface area contributed by atoms with Crippen LogP contribution in [0.5, 0.6) is 5.75 Å². The Balaban J connectivity index is 1.31. The molecule has 0 radical (unpaired) electrons. The van der Waals surface area contributed by atoms with E-state index in [0.717, 1.165) is 4.90 Å². The van der Waals surface area contributed by atoms with Crippen molar-refractivity contribution in [1.29, 1.82) is 0 Å². The van der Waals surface area contributed by atoms with Crippen LogP contribution >= 0.6 is 0 Å². The molecule has 0 aromatic heterocycles. The molecule has 0 bridgehead atoms. The third kappa shape index (κ3) is 46.8. The zero-order valence-corrected chi connectivity index (χ0v) is 85.4. The minimum absolute atomic E-state index is 0.0175. The molecule has 2 aliphatic rings. The Bertz CT molecular complexity index is 3980. The molecule has 1 aliphatic heterocycles. The number of ketones is 2. The molecule has 1 unspecified atom stereocenters. The third-order valence-corrected chi connectivity index (χ3v) is 25.2. The average Bonchev–Trinajstić information content (AvgIpc) is 1.73. The summed E-state index contributed by atoms with van der Waals surface area (Å²) in [7, 11) is 6.07. The number of amides is 8. The molecular formula is C99H165N9O34. The number of carboxylic acids is 2. The van der Waals surface area contributed by atoms with E-state index >= 15 is 4.79 Å². The van der Waals surface area contributed by atoms with Crippen molar-refractivity contribution in [3.05, 3.63) is 59.7 Å². The van der Waals surface area contributed by atoms with Crippen molar-refractivity contribution in [2.45, 2.75) is 219 Å². The zero-order valence-electron chi connectivity index (χ0n) is 85.4. The number of aliphatic hydroxyl groups is 5. The topological polar surface area (TPSA) is 581 Å². The van der Waals surface area contributed by atoms with E-state index in [0.29, 0.717) is 170 Å². The predicted molar refractivity (Wildman–Crippen MR) is 518 cm³/mol. The van der Waals surface area contributed by atoms with Crippen LogP contribution in [0.25, 0.3) is 0 Å². The van der Waals surface area contributed by atoms with E-state index in [1.54, 1.807) is 77.6 Å². The maximum absolute atomic E-state index is 15.1. The number of hydrogen-bond acceptors (Lipinski definition) is 33. The van der Waals surface area contributed by atoms with E-state index in [1.165, 1.54) is 39.3 Å². The number of unbranched alkanes of at least 4 members (excludes halogenated alkanes) is 1. The second-order valence-corrected chi connectivity index (χ2v) is 36.5. The normalized spacial score (nSPS) is 18.5. The van der Waals surface area contributed by atoms with Crippen LogP contribution in [0.15, 0.2) is 48.5 Å². The summed E-state index contributed by atoms with van der Waals surface area (Å²) in [6.07, 6.45) is -9.58. The number of Topliss-reactive ketones (excluding diaryl/α,β-unsaturated/α-hetero) is 2. The number of nitrogens with two attached hydrogens (primary N) is 1. The number of nitrogens with zero attached hydrogens (tertiary/aromatic N) is 3. The molecule has 4 rings (SSSR count). The summed E-state index contributed by atoms with van der Waals surface area (Å²) in [4.78, 5) is 168. The van der Waals surface area contributed by atoms with Gasteiger partial charge < -0.3 is 154 Å². The summed E-state index contributed by atoms with van der Waals surface area (Å²) >= 11 is 0. The van der Waals surface area contributed by atoms with E-state index in [4.69, 9.17) is 76.8 Å². The molecule has 1 aliphatic carbocycles. The second-order valence-electron chi connectivity index (χ2n) is 36.5. The number of aliphatic carboxylic acids is 2. The molecule has 0 spiro atoms. The Hall–Kier alpha value is -8.68. The number of nitrogens with one attached hydrogen (secondary N) is 5. The van der Waals surface area contributed by atoms with Crippen LogP contribution in [-0.2, 0) is 126 Å². The van der Waals surface area contributed by atoms with Gasteiger partial charge in [-0.05, 0) is 79.0 Å². The Morgan fingerprint density at radius 3 is 1.59 bits per heavy atom. The number of hydrogen-bond donors (Lipinski definition) is 13. The molecule has 142 heavy (non-hydrogen) atoms. The fourth-order valence-corrected chi connectivity index (χ4v) is 16.6. The van der Waals surface area contributed by atoms with Gasteiger partial charge in [0.1, 0.15) is 48.5 Å². The molecule has 2 aromatic rings. The first-order chi connectivity index (χ1) is 68.0. The summed E-state index contributed by atoms with van der Waals surface area (Å²) in [6, 6.07) is 8.03. The highest BCUT2D eigenvalue weighted by Gasteiger charge is 2.48. The highest BCUT2D eigenvalue weighted by atomic mass is 16.6. The fourth-order valence-electron chi connectivity index (χ4n) is 16.6. The number of carbonyl (C=O) groups is 12. The number of benzene rings is 2. The van der Waals surface area contributed by atoms with E-state index in [2.05, 4.69) is 26.6 Å². The van der Waals surface area contributed by atoms with Gasteiger partial charge in [-0.25, -0.2) is 4.79 Å². The van der Waals surface area contributed by atoms with Gasteiger partial charge in [0.2, 0.25) is 41.4 Å². The number of rotatable bonds is 80. The molecular weight excluding hydrogens is 1860 g/mol. The first-order valence-corrected chi connectivity index (χ1v) is 49.6. The molecule has 14 N–H and O–H groups in total. The molecule has 1 saturated carbocycles. The maximum Gasteiger partial charge on any atom is 0.410 e. The summed E-state index contributed by atoms with van der Waals surface area (Å²) in [6.45, 7) is 23.8. The SMILES string of the molecule is CC[C@H](C)[C@@H]([C@@H](CC(=O)N1CCC[C@H]1[C@H](CO)[C@@H](C)C(=O)C[C@H](C)[C@@H](O)c1ccccc1)OC)N(C)C(=O)[C@@H](CC(=O)[C@H](C(C)C)N(C)C(=O)OCc1ccc(O[C@@H]2C[C@H](C(=O)O)[C@@H](O)[C@H](O)[C@H]2O)c(NC(=O)CCNC(=O)[C@H](CCCCNC(=O)CCOCCOCCOCCOCCOCCOCCOCCOCCOCCOCCOCCOC)NC(=O)[C@H](CN)NC(=O)CC(C)C(=O)O)c1)C(C)C.